The van der Waals surface area contributed by atoms with Gasteiger partial charge >= 0.3 is 0 Å². The third-order valence-electron chi connectivity index (χ3n) is 5.73. The summed E-state index contributed by atoms with van der Waals surface area (Å²) >= 11 is 0. The van der Waals surface area contributed by atoms with Crippen LogP contribution in [0.2, 0.25) is 0 Å². The Balaban J connectivity index is 1.67. The third-order valence-corrected chi connectivity index (χ3v) is 5.73. The topological polar surface area (TPSA) is 0 Å². The van der Waals surface area contributed by atoms with E-state index in [1.54, 1.807) is 18.2 Å². The molecule has 0 aliphatic heterocycles. The van der Waals surface area contributed by atoms with Crippen molar-refractivity contribution in [1.82, 2.24) is 0 Å². The molecule has 0 bridgehead atoms. The summed E-state index contributed by atoms with van der Waals surface area (Å²) in [5.41, 5.74) is 3.14. The van der Waals surface area contributed by atoms with Crippen LogP contribution in [-0.4, -0.2) is 0 Å². The number of hydrogen-bond acceptors (Lipinski definition) is 0. The number of aryl methyl sites for hydroxylation is 2. The van der Waals surface area contributed by atoms with Gasteiger partial charge in [0, 0.05) is 5.56 Å². The van der Waals surface area contributed by atoms with Crippen LogP contribution in [0.1, 0.15) is 41.5 Å². The lowest BCUT2D eigenvalue weighted by Crippen LogP contribution is -2.15. The zero-order valence-electron chi connectivity index (χ0n) is 15.8. The molecule has 29 heavy (non-hydrogen) atoms. The number of hydrogen-bond donors (Lipinski definition) is 0. The molecule has 0 saturated carbocycles. The molecule has 0 aromatic heterocycles. The van der Waals surface area contributed by atoms with E-state index in [1.165, 1.54) is 6.07 Å². The Kier molecular flexibility index (Phi) is 5.15. The molecular formula is C24H19F5. The Morgan fingerprint density at radius 3 is 2.17 bits per heavy atom. The lowest BCUT2D eigenvalue weighted by Gasteiger charge is -2.26. The van der Waals surface area contributed by atoms with Gasteiger partial charge in [-0.15, -0.1) is 0 Å². The molecular weight excluding hydrogens is 383 g/mol. The summed E-state index contributed by atoms with van der Waals surface area (Å²) in [5.74, 6) is -5.24. The zero-order chi connectivity index (χ0) is 20.7. The molecule has 0 radical (unpaired) electrons. The third kappa shape index (κ3) is 3.66. The fraction of sp³-hybridized carbons (Fsp3) is 0.250. The monoisotopic (exact) mass is 402 g/mol. The van der Waals surface area contributed by atoms with E-state index in [0.29, 0.717) is 24.8 Å². The van der Waals surface area contributed by atoms with Gasteiger partial charge in [-0.25, -0.2) is 22.0 Å². The van der Waals surface area contributed by atoms with Crippen molar-refractivity contribution in [2.45, 2.75) is 38.5 Å². The Labute approximate surface area is 166 Å². The van der Waals surface area contributed by atoms with Crippen molar-refractivity contribution in [1.29, 1.82) is 0 Å². The van der Waals surface area contributed by atoms with Crippen LogP contribution in [0.5, 0.6) is 0 Å². The summed E-state index contributed by atoms with van der Waals surface area (Å²) in [5, 5.41) is 0. The van der Waals surface area contributed by atoms with E-state index in [4.69, 9.17) is 0 Å². The summed E-state index contributed by atoms with van der Waals surface area (Å²) in [6.07, 6.45) is 2.52. The Morgan fingerprint density at radius 1 is 0.793 bits per heavy atom. The molecule has 4 rings (SSSR count). The van der Waals surface area contributed by atoms with Crippen LogP contribution in [0.15, 0.2) is 42.5 Å². The molecule has 0 N–H and O–H groups in total. The molecule has 0 nitrogen and oxygen atoms in total. The van der Waals surface area contributed by atoms with E-state index in [2.05, 4.69) is 0 Å². The van der Waals surface area contributed by atoms with Gasteiger partial charge in [0.25, 0.3) is 0 Å². The molecule has 5 heteroatoms. The highest BCUT2D eigenvalue weighted by molar-refractivity contribution is 5.66. The molecule has 0 fully saturated rings. The fourth-order valence-corrected chi connectivity index (χ4v) is 4.10. The smallest absolute Gasteiger partial charge is 0.194 e. The van der Waals surface area contributed by atoms with Gasteiger partial charge in [-0.05, 0) is 89.8 Å². The molecule has 150 valence electrons. The summed E-state index contributed by atoms with van der Waals surface area (Å²) in [7, 11) is 0. The first-order chi connectivity index (χ1) is 13.9. The summed E-state index contributed by atoms with van der Waals surface area (Å²) in [4.78, 5) is 0. The Bertz CT molecular complexity index is 1060. The van der Waals surface area contributed by atoms with Gasteiger partial charge in [-0.2, -0.15) is 0 Å². The van der Waals surface area contributed by atoms with Crippen molar-refractivity contribution in [3.05, 3.63) is 93.8 Å². The van der Waals surface area contributed by atoms with Crippen LogP contribution in [-0.2, 0) is 19.3 Å². The van der Waals surface area contributed by atoms with E-state index < -0.39 is 23.3 Å². The van der Waals surface area contributed by atoms with Gasteiger partial charge in [-0.1, -0.05) is 19.1 Å². The molecule has 1 aliphatic carbocycles. The number of halogens is 5. The van der Waals surface area contributed by atoms with Crippen molar-refractivity contribution in [3.63, 3.8) is 0 Å². The molecule has 3 aromatic rings. The average molecular weight is 402 g/mol. The molecule has 1 aliphatic rings. The maximum absolute atomic E-state index is 14.7. The van der Waals surface area contributed by atoms with E-state index in [1.807, 2.05) is 13.0 Å². The van der Waals surface area contributed by atoms with E-state index >= 15 is 0 Å². The minimum Gasteiger partial charge on any atom is -0.207 e. The van der Waals surface area contributed by atoms with Crippen LogP contribution >= 0.6 is 0 Å². The summed E-state index contributed by atoms with van der Waals surface area (Å²) < 4.78 is 69.5. The van der Waals surface area contributed by atoms with Crippen LogP contribution in [0.3, 0.4) is 0 Å². The van der Waals surface area contributed by atoms with Gasteiger partial charge in [0.1, 0.15) is 11.6 Å². The highest BCUT2D eigenvalue weighted by Crippen LogP contribution is 2.37. The van der Waals surface area contributed by atoms with Crippen molar-refractivity contribution in [2.75, 3.05) is 0 Å². The maximum Gasteiger partial charge on any atom is 0.194 e. The van der Waals surface area contributed by atoms with Crippen molar-refractivity contribution in [3.8, 4) is 11.1 Å². The van der Waals surface area contributed by atoms with Crippen LogP contribution in [0, 0.1) is 29.1 Å². The molecule has 3 aromatic carbocycles. The van der Waals surface area contributed by atoms with Crippen LogP contribution in [0.4, 0.5) is 22.0 Å². The minimum atomic E-state index is -1.58. The van der Waals surface area contributed by atoms with Crippen molar-refractivity contribution < 1.29 is 22.0 Å². The molecule has 0 amide bonds. The molecule has 0 heterocycles. The first-order valence-corrected chi connectivity index (χ1v) is 9.62. The van der Waals surface area contributed by atoms with Crippen LogP contribution < -0.4 is 0 Å². The SMILES string of the molecule is CCc1ccc(C2CCc3cc(-c4cc(F)c(F)c(F)c4)c(F)cc3C2)c(F)c1. The number of benzene rings is 3. The first kappa shape index (κ1) is 19.6. The predicted octanol–water partition coefficient (Wildman–Crippen LogP) is 6.88. The van der Waals surface area contributed by atoms with Gasteiger partial charge in [0.15, 0.2) is 17.5 Å². The normalized spacial score (nSPS) is 16.0. The van der Waals surface area contributed by atoms with Gasteiger partial charge < -0.3 is 0 Å². The zero-order valence-corrected chi connectivity index (χ0v) is 15.8. The molecule has 1 atom stereocenters. The highest BCUT2D eigenvalue weighted by atomic mass is 19.2. The number of fused-ring (bicyclic) bond motifs is 1. The van der Waals surface area contributed by atoms with Gasteiger partial charge in [0.05, 0.1) is 0 Å². The highest BCUT2D eigenvalue weighted by Gasteiger charge is 2.25. The second kappa shape index (κ2) is 7.62. The van der Waals surface area contributed by atoms with Gasteiger partial charge in [0.2, 0.25) is 0 Å². The van der Waals surface area contributed by atoms with E-state index in [-0.39, 0.29) is 22.9 Å². The number of rotatable bonds is 3. The minimum absolute atomic E-state index is 0.0264. The molecule has 1 unspecified atom stereocenters. The standard InChI is InChI=1S/C24H19F5/c1-2-13-3-6-18(20(25)7-13)15-5-4-14-9-19(21(26)10-16(14)8-15)17-11-22(27)24(29)23(28)12-17/h3,6-7,9-12,15H,2,4-5,8H2,1H3. The largest absolute Gasteiger partial charge is 0.207 e. The second-order valence-corrected chi connectivity index (χ2v) is 7.50. The average Bonchev–Trinajstić information content (AvgIpc) is 2.70. The molecule has 0 saturated heterocycles. The summed E-state index contributed by atoms with van der Waals surface area (Å²) in [6, 6.07) is 9.75. The Morgan fingerprint density at radius 2 is 1.52 bits per heavy atom. The quantitative estimate of drug-likeness (QED) is 0.331. The second-order valence-electron chi connectivity index (χ2n) is 7.50. The van der Waals surface area contributed by atoms with Crippen molar-refractivity contribution >= 4 is 0 Å². The van der Waals surface area contributed by atoms with Crippen LogP contribution in [0.25, 0.3) is 11.1 Å². The fourth-order valence-electron chi connectivity index (χ4n) is 4.10. The lowest BCUT2D eigenvalue weighted by molar-refractivity contribution is 0.447. The van der Waals surface area contributed by atoms with E-state index in [0.717, 1.165) is 35.2 Å². The molecule has 0 spiro atoms. The van der Waals surface area contributed by atoms with E-state index in [9.17, 15) is 22.0 Å². The summed E-state index contributed by atoms with van der Waals surface area (Å²) in [6.45, 7) is 1.96. The lowest BCUT2D eigenvalue weighted by atomic mass is 9.79. The first-order valence-electron chi connectivity index (χ1n) is 9.62. The van der Waals surface area contributed by atoms with Crippen molar-refractivity contribution in [2.24, 2.45) is 0 Å². The predicted molar refractivity (Wildman–Crippen MR) is 102 cm³/mol. The Hall–Kier alpha value is -2.69. The van der Waals surface area contributed by atoms with Gasteiger partial charge in [-0.3, -0.25) is 0 Å². The maximum atomic E-state index is 14.7.